The van der Waals surface area contributed by atoms with Gasteiger partial charge in [0.2, 0.25) is 5.91 Å². The molecule has 0 aromatic rings. The minimum absolute atomic E-state index is 0.108. The average Bonchev–Trinajstić information content (AvgIpc) is 3.33. The predicted molar refractivity (Wildman–Crippen MR) is 120 cm³/mol. The van der Waals surface area contributed by atoms with Crippen molar-refractivity contribution in [3.8, 4) is 0 Å². The summed E-state index contributed by atoms with van der Waals surface area (Å²) in [5, 5.41) is 9.11. The Morgan fingerprint density at radius 1 is 1.07 bits per heavy atom. The Morgan fingerprint density at radius 2 is 1.59 bits per heavy atom. The van der Waals surface area contributed by atoms with Crippen LogP contribution in [0.4, 0.5) is 0 Å². The van der Waals surface area contributed by atoms with Crippen LogP contribution in [0.15, 0.2) is 54.6 Å². The van der Waals surface area contributed by atoms with E-state index in [2.05, 4.69) is 57.2 Å². The first-order chi connectivity index (χ1) is 13.8. The van der Waals surface area contributed by atoms with Gasteiger partial charge in [0, 0.05) is 44.0 Å². The van der Waals surface area contributed by atoms with Gasteiger partial charge in [-0.05, 0) is 55.1 Å². The zero-order chi connectivity index (χ0) is 22.1. The van der Waals surface area contributed by atoms with E-state index in [1.807, 2.05) is 18.2 Å². The molecule has 0 unspecified atom stereocenters. The zero-order valence-corrected chi connectivity index (χ0v) is 19.1. The maximum Gasteiger partial charge on any atom is 0.247 e. The molecule has 156 valence electrons. The highest BCUT2D eigenvalue weighted by Gasteiger charge is 2.11. The van der Waals surface area contributed by atoms with Gasteiger partial charge in [-0.1, -0.05) is 54.2 Å². The summed E-state index contributed by atoms with van der Waals surface area (Å²) in [7, 11) is 0. The van der Waals surface area contributed by atoms with Gasteiger partial charge in [-0.15, -0.1) is 0 Å². The summed E-state index contributed by atoms with van der Waals surface area (Å²) in [5.41, 5.74) is 22.2. The second-order valence-corrected chi connectivity index (χ2v) is 7.27. The van der Waals surface area contributed by atoms with Gasteiger partial charge >= 0.3 is 0 Å². The Morgan fingerprint density at radius 3 is 1.93 bits per heavy atom. The third kappa shape index (κ3) is 13.4. The highest BCUT2D eigenvalue weighted by atomic mass is 79.9. The summed E-state index contributed by atoms with van der Waals surface area (Å²) in [6.45, 7) is 3.08. The molecular formula is C17H22Br2N8O2. The van der Waals surface area contributed by atoms with Crippen LogP contribution in [0.5, 0.6) is 0 Å². The average molecular weight is 530 g/mol. The van der Waals surface area contributed by atoms with Gasteiger partial charge in [-0.25, -0.2) is 0 Å². The second kappa shape index (κ2) is 16.6. The monoisotopic (exact) mass is 528 g/mol. The normalized spacial score (nSPS) is 13.5. The molecule has 0 fully saturated rings. The fraction of sp³-hybridized carbons (Fsp3) is 0.412. The molecule has 1 amide bonds. The number of carbonyl (C=O) groups is 2. The fourth-order valence-electron chi connectivity index (χ4n) is 1.87. The Bertz CT molecular complexity index is 804. The molecule has 3 N–H and O–H groups in total. The molecule has 2 aliphatic carbocycles. The first kappa shape index (κ1) is 26.6. The molecule has 0 atom stereocenters. The molecular weight excluding hydrogens is 508 g/mol. The van der Waals surface area contributed by atoms with Crippen LogP contribution in [0, 0.1) is 0 Å². The molecule has 0 aromatic carbocycles. The lowest BCUT2D eigenvalue weighted by Crippen LogP contribution is -2.26. The van der Waals surface area contributed by atoms with Crippen molar-refractivity contribution in [1.29, 1.82) is 0 Å². The molecule has 0 aliphatic heterocycles. The van der Waals surface area contributed by atoms with Crippen LogP contribution in [0.3, 0.4) is 0 Å². The smallest absolute Gasteiger partial charge is 0.247 e. The summed E-state index contributed by atoms with van der Waals surface area (Å²) in [6, 6.07) is 0. The number of carbonyl (C=O) groups excluding carboxylic acids is 2. The molecule has 10 nitrogen and oxygen atoms in total. The highest BCUT2D eigenvalue weighted by molar-refractivity contribution is 9.12. The largest absolute Gasteiger partial charge is 0.352 e. The van der Waals surface area contributed by atoms with Crippen LogP contribution in [-0.4, -0.2) is 37.9 Å². The lowest BCUT2D eigenvalue weighted by atomic mass is 10.2. The zero-order valence-electron chi connectivity index (χ0n) is 15.9. The lowest BCUT2D eigenvalue weighted by Gasteiger charge is -2.02. The molecule has 0 bridgehead atoms. The summed E-state index contributed by atoms with van der Waals surface area (Å²) in [6.07, 6.45) is 8.98. The van der Waals surface area contributed by atoms with Crippen molar-refractivity contribution in [2.24, 2.45) is 16.0 Å². The molecule has 2 aliphatic rings. The molecule has 2 rings (SSSR count). The number of rotatable bonds is 7. The van der Waals surface area contributed by atoms with Crippen molar-refractivity contribution in [3.63, 3.8) is 0 Å². The molecule has 12 heteroatoms. The highest BCUT2D eigenvalue weighted by Crippen LogP contribution is 2.22. The van der Waals surface area contributed by atoms with Gasteiger partial charge < -0.3 is 11.1 Å². The number of nitrogens with one attached hydrogen (secondary N) is 1. The Kier molecular flexibility index (Phi) is 15.2. The van der Waals surface area contributed by atoms with Crippen LogP contribution >= 0.6 is 31.9 Å². The third-order valence-corrected chi connectivity index (χ3v) is 4.36. The van der Waals surface area contributed by atoms with Crippen molar-refractivity contribution in [1.82, 2.24) is 5.32 Å². The van der Waals surface area contributed by atoms with E-state index in [1.165, 1.54) is 0 Å². The van der Waals surface area contributed by atoms with Crippen molar-refractivity contribution in [2.75, 3.05) is 26.2 Å². The van der Waals surface area contributed by atoms with E-state index in [0.29, 0.717) is 26.1 Å². The van der Waals surface area contributed by atoms with E-state index in [4.69, 9.17) is 16.8 Å². The molecule has 29 heavy (non-hydrogen) atoms. The van der Waals surface area contributed by atoms with Gasteiger partial charge in [0.15, 0.2) is 5.78 Å². The van der Waals surface area contributed by atoms with Gasteiger partial charge in [0.25, 0.3) is 0 Å². The third-order valence-electron chi connectivity index (χ3n) is 3.26. The summed E-state index contributed by atoms with van der Waals surface area (Å²) < 4.78 is 1.95. The molecule has 0 saturated carbocycles. The number of azide groups is 2. The topological polar surface area (TPSA) is 170 Å². The Balaban J connectivity index is 0.000000448. The fourth-order valence-corrected chi connectivity index (χ4v) is 2.74. The van der Waals surface area contributed by atoms with Crippen molar-refractivity contribution in [2.45, 2.75) is 19.8 Å². The van der Waals surface area contributed by atoms with E-state index in [9.17, 15) is 9.59 Å². The van der Waals surface area contributed by atoms with Crippen molar-refractivity contribution < 1.29 is 9.59 Å². The molecule has 0 radical (unpaired) electrons. The first-order valence-electron chi connectivity index (χ1n) is 8.49. The van der Waals surface area contributed by atoms with E-state index < -0.39 is 0 Å². The minimum atomic E-state index is -0.108. The summed E-state index contributed by atoms with van der Waals surface area (Å²) in [4.78, 5) is 27.1. The van der Waals surface area contributed by atoms with Crippen LogP contribution in [0.1, 0.15) is 19.8 Å². The maximum absolute atomic E-state index is 11.4. The van der Waals surface area contributed by atoms with E-state index >= 15 is 0 Å². The van der Waals surface area contributed by atoms with Gasteiger partial charge in [-0.2, -0.15) is 0 Å². The van der Waals surface area contributed by atoms with E-state index in [0.717, 1.165) is 26.5 Å². The Hall–Kier alpha value is -2.36. The SMILES string of the molecule is CC(=O)C1=CC(Br)=CC1.[N-]=[N+]=NCCN.[N-]=[N+]=NCCNC(=O)C1=CC(Br)=CC1. The number of halogens is 2. The standard InChI is InChI=1S/C8H9BrN4O.C7H7BrO.C2H6N4/c9-7-2-1-6(5-7)8(14)11-3-4-12-13-10;1-5(9)6-2-3-7(8)4-6;3-1-2-5-6-4/h2,5H,1,3-4H2,(H,11,14);3-4H,2H2,1H3;1-3H2. The maximum atomic E-state index is 11.4. The van der Waals surface area contributed by atoms with Gasteiger partial charge in [-0.3, -0.25) is 9.59 Å². The van der Waals surface area contributed by atoms with Crippen LogP contribution in [0.2, 0.25) is 0 Å². The molecule has 0 heterocycles. The van der Waals surface area contributed by atoms with Gasteiger partial charge in [0.1, 0.15) is 0 Å². The second-order valence-electron chi connectivity index (χ2n) is 5.44. The van der Waals surface area contributed by atoms with E-state index in [1.54, 1.807) is 13.0 Å². The number of Topliss-reactive ketones (excluding diaryl/α,β-unsaturated/α-hetero) is 1. The number of ketones is 1. The lowest BCUT2D eigenvalue weighted by molar-refractivity contribution is -0.117. The Labute approximate surface area is 185 Å². The quantitative estimate of drug-likeness (QED) is 0.215. The number of hydrogen-bond donors (Lipinski definition) is 2. The van der Waals surface area contributed by atoms with Crippen LogP contribution < -0.4 is 11.1 Å². The molecule has 0 spiro atoms. The summed E-state index contributed by atoms with van der Waals surface area (Å²) >= 11 is 6.56. The predicted octanol–water partition coefficient (Wildman–Crippen LogP) is 4.46. The number of nitrogens with two attached hydrogens (primary N) is 1. The van der Waals surface area contributed by atoms with E-state index in [-0.39, 0.29) is 18.2 Å². The summed E-state index contributed by atoms with van der Waals surface area (Å²) in [5.74, 6) is 0.0598. The number of allylic oxidation sites excluding steroid dienone is 7. The van der Waals surface area contributed by atoms with Crippen molar-refractivity contribution >= 4 is 43.6 Å². The number of hydrogen-bond acceptors (Lipinski definition) is 5. The first-order valence-corrected chi connectivity index (χ1v) is 10.1. The molecule has 0 aromatic heterocycles. The number of nitrogens with zero attached hydrogens (tertiary/aromatic N) is 6. The minimum Gasteiger partial charge on any atom is -0.352 e. The van der Waals surface area contributed by atoms with Crippen LogP contribution in [-0.2, 0) is 9.59 Å². The van der Waals surface area contributed by atoms with Gasteiger partial charge in [0.05, 0.1) is 0 Å². The number of amides is 1. The van der Waals surface area contributed by atoms with Crippen molar-refractivity contribution in [3.05, 3.63) is 65.3 Å². The van der Waals surface area contributed by atoms with Crippen LogP contribution in [0.25, 0.3) is 20.9 Å². The molecule has 0 saturated heterocycles.